The first-order valence-electron chi connectivity index (χ1n) is 15.0. The largest absolute Gasteiger partial charge is 0.395 e. The zero-order chi connectivity index (χ0) is 28.2. The lowest BCUT2D eigenvalue weighted by Crippen LogP contribution is -2.36. The minimum atomic E-state index is -0.821. The number of benzene rings is 2. The number of carbonyl (C=O) groups excluding carboxylic acids is 1. The number of hydrogen-bond donors (Lipinski definition) is 2. The predicted octanol–water partition coefficient (Wildman–Crippen LogP) is 7.97. The molecule has 0 fully saturated rings. The first kappa shape index (κ1) is 32.2. The summed E-state index contributed by atoms with van der Waals surface area (Å²) in [6, 6.07) is 17.1. The predicted molar refractivity (Wildman–Crippen MR) is 161 cm³/mol. The smallest absolute Gasteiger partial charge is 0.145 e. The van der Waals surface area contributed by atoms with E-state index < -0.39 is 5.41 Å². The Kier molecular flexibility index (Phi) is 13.2. The topological polar surface area (TPSA) is 57.5 Å². The Hall–Kier alpha value is -1.97. The molecule has 0 radical (unpaired) electrons. The van der Waals surface area contributed by atoms with Crippen molar-refractivity contribution in [2.45, 2.75) is 117 Å². The molecule has 3 nitrogen and oxygen atoms in total. The number of ketones is 1. The van der Waals surface area contributed by atoms with Crippen LogP contribution in [0.5, 0.6) is 0 Å². The molecule has 0 amide bonds. The van der Waals surface area contributed by atoms with Crippen molar-refractivity contribution in [1.29, 1.82) is 0 Å². The maximum atomic E-state index is 13.1. The SMILES string of the molecule is CC(C)Cc1ccc(C(C)(CO)CCCCCCCCC(=O)C(C)(CO)c2ccc(CC(C)C)cc2)cc1. The highest BCUT2D eigenvalue weighted by Gasteiger charge is 2.33. The molecule has 2 aromatic carbocycles. The van der Waals surface area contributed by atoms with E-state index in [9.17, 15) is 15.0 Å². The maximum absolute atomic E-state index is 13.1. The van der Waals surface area contributed by atoms with Gasteiger partial charge in [0.15, 0.2) is 0 Å². The van der Waals surface area contributed by atoms with Crippen LogP contribution in [0.4, 0.5) is 0 Å². The third kappa shape index (κ3) is 9.65. The van der Waals surface area contributed by atoms with Crippen molar-refractivity contribution in [2.75, 3.05) is 13.2 Å². The Bertz CT molecular complexity index is 944. The van der Waals surface area contributed by atoms with E-state index in [-0.39, 0.29) is 24.4 Å². The highest BCUT2D eigenvalue weighted by atomic mass is 16.3. The van der Waals surface area contributed by atoms with Crippen molar-refractivity contribution in [2.24, 2.45) is 11.8 Å². The standard InChI is InChI=1S/C35H54O3/c1-27(2)23-29-14-18-31(19-15-29)34(5,25-36)22-12-10-8-7-9-11-13-33(38)35(6,26-37)32-20-16-30(17-21-32)24-28(3)4/h14-21,27-28,36-37H,7-13,22-26H2,1-6H3. The molecular weight excluding hydrogens is 468 g/mol. The van der Waals surface area contributed by atoms with Gasteiger partial charge in [-0.2, -0.15) is 0 Å². The third-order valence-electron chi connectivity index (χ3n) is 8.19. The second-order valence-electron chi connectivity index (χ2n) is 12.8. The second kappa shape index (κ2) is 15.6. The molecule has 0 aliphatic rings. The molecule has 0 aliphatic carbocycles. The highest BCUT2D eigenvalue weighted by molar-refractivity contribution is 5.89. The van der Waals surface area contributed by atoms with Crippen molar-refractivity contribution in [3.05, 3.63) is 70.8 Å². The van der Waals surface area contributed by atoms with Crippen molar-refractivity contribution < 1.29 is 15.0 Å². The summed E-state index contributed by atoms with van der Waals surface area (Å²) in [5.74, 6) is 1.38. The molecule has 0 aliphatic heterocycles. The van der Waals surface area contributed by atoms with E-state index in [1.165, 1.54) is 16.7 Å². The number of aliphatic hydroxyl groups is 2. The minimum Gasteiger partial charge on any atom is -0.395 e. The van der Waals surface area contributed by atoms with E-state index in [2.05, 4.69) is 71.0 Å². The van der Waals surface area contributed by atoms with Crippen molar-refractivity contribution in [3.63, 3.8) is 0 Å². The van der Waals surface area contributed by atoms with Crippen LogP contribution in [0.25, 0.3) is 0 Å². The molecular formula is C35H54O3. The lowest BCUT2D eigenvalue weighted by atomic mass is 9.77. The molecule has 2 aromatic rings. The van der Waals surface area contributed by atoms with Crippen LogP contribution in [-0.2, 0) is 28.5 Å². The lowest BCUT2D eigenvalue weighted by molar-refractivity contribution is -0.125. The van der Waals surface area contributed by atoms with Gasteiger partial charge in [-0.1, -0.05) is 115 Å². The zero-order valence-corrected chi connectivity index (χ0v) is 25.1. The summed E-state index contributed by atoms with van der Waals surface area (Å²) in [6.45, 7) is 13.0. The normalized spacial score (nSPS) is 15.0. The van der Waals surface area contributed by atoms with Gasteiger partial charge < -0.3 is 10.2 Å². The molecule has 0 saturated carbocycles. The van der Waals surface area contributed by atoms with Gasteiger partial charge in [-0.15, -0.1) is 0 Å². The summed E-state index contributed by atoms with van der Waals surface area (Å²) in [6.07, 6.45) is 10.0. The van der Waals surface area contributed by atoms with Gasteiger partial charge in [0, 0.05) is 11.8 Å². The maximum Gasteiger partial charge on any atom is 0.145 e. The van der Waals surface area contributed by atoms with Crippen LogP contribution in [0.3, 0.4) is 0 Å². The van der Waals surface area contributed by atoms with Gasteiger partial charge in [-0.3, -0.25) is 4.79 Å². The Balaban J connectivity index is 1.72. The van der Waals surface area contributed by atoms with E-state index in [1.54, 1.807) is 0 Å². The van der Waals surface area contributed by atoms with Crippen LogP contribution >= 0.6 is 0 Å². The van der Waals surface area contributed by atoms with Crippen LogP contribution < -0.4 is 0 Å². The van der Waals surface area contributed by atoms with E-state index >= 15 is 0 Å². The van der Waals surface area contributed by atoms with E-state index in [0.717, 1.165) is 63.4 Å². The van der Waals surface area contributed by atoms with Gasteiger partial charge in [0.05, 0.1) is 18.6 Å². The van der Waals surface area contributed by atoms with Crippen molar-refractivity contribution in [3.8, 4) is 0 Å². The van der Waals surface area contributed by atoms with Gasteiger partial charge in [-0.25, -0.2) is 0 Å². The summed E-state index contributed by atoms with van der Waals surface area (Å²) in [4.78, 5) is 13.1. The fourth-order valence-electron chi connectivity index (χ4n) is 5.43. The number of aliphatic hydroxyl groups excluding tert-OH is 2. The summed E-state index contributed by atoms with van der Waals surface area (Å²) < 4.78 is 0. The number of unbranched alkanes of at least 4 members (excludes halogenated alkanes) is 5. The van der Waals surface area contributed by atoms with Gasteiger partial charge in [0.25, 0.3) is 0 Å². The Labute approximate surface area is 233 Å². The Morgan fingerprint density at radius 2 is 1.11 bits per heavy atom. The lowest BCUT2D eigenvalue weighted by Gasteiger charge is -2.28. The summed E-state index contributed by atoms with van der Waals surface area (Å²) in [5, 5.41) is 20.2. The fraction of sp³-hybridized carbons (Fsp3) is 0.629. The summed E-state index contributed by atoms with van der Waals surface area (Å²) in [7, 11) is 0. The van der Waals surface area contributed by atoms with Crippen LogP contribution in [0, 0.1) is 11.8 Å². The van der Waals surface area contributed by atoms with Crippen LogP contribution in [-0.4, -0.2) is 29.2 Å². The number of rotatable bonds is 18. The Morgan fingerprint density at radius 3 is 1.55 bits per heavy atom. The molecule has 3 heteroatoms. The molecule has 0 saturated heterocycles. The van der Waals surface area contributed by atoms with Crippen molar-refractivity contribution in [1.82, 2.24) is 0 Å². The average molecular weight is 523 g/mol. The number of hydrogen-bond acceptors (Lipinski definition) is 3. The van der Waals surface area contributed by atoms with Crippen molar-refractivity contribution >= 4 is 5.78 Å². The number of Topliss-reactive ketones (excluding diaryl/α,β-unsaturated/α-hetero) is 1. The molecule has 38 heavy (non-hydrogen) atoms. The van der Waals surface area contributed by atoms with Gasteiger partial charge in [-0.05, 0) is 66.7 Å². The quantitative estimate of drug-likeness (QED) is 0.195. The zero-order valence-electron chi connectivity index (χ0n) is 25.1. The fourth-order valence-corrected chi connectivity index (χ4v) is 5.43. The van der Waals surface area contributed by atoms with E-state index in [4.69, 9.17) is 0 Å². The van der Waals surface area contributed by atoms with Gasteiger partial charge in [0.1, 0.15) is 5.78 Å². The molecule has 2 rings (SSSR count). The van der Waals surface area contributed by atoms with E-state index in [0.29, 0.717) is 18.3 Å². The molecule has 2 N–H and O–H groups in total. The molecule has 2 unspecified atom stereocenters. The molecule has 0 heterocycles. The highest BCUT2D eigenvalue weighted by Crippen LogP contribution is 2.31. The van der Waals surface area contributed by atoms with Gasteiger partial charge >= 0.3 is 0 Å². The van der Waals surface area contributed by atoms with Crippen LogP contribution in [0.2, 0.25) is 0 Å². The second-order valence-corrected chi connectivity index (χ2v) is 12.8. The Morgan fingerprint density at radius 1 is 0.658 bits per heavy atom. The van der Waals surface area contributed by atoms with Crippen LogP contribution in [0.15, 0.2) is 48.5 Å². The molecule has 0 spiro atoms. The molecule has 0 aromatic heterocycles. The third-order valence-corrected chi connectivity index (χ3v) is 8.19. The summed E-state index contributed by atoms with van der Waals surface area (Å²) in [5.41, 5.74) is 3.77. The van der Waals surface area contributed by atoms with Gasteiger partial charge in [0.2, 0.25) is 0 Å². The first-order chi connectivity index (χ1) is 18.0. The minimum absolute atomic E-state index is 0.134. The molecule has 0 bridgehead atoms. The average Bonchev–Trinajstić information content (AvgIpc) is 2.89. The first-order valence-corrected chi connectivity index (χ1v) is 15.0. The van der Waals surface area contributed by atoms with Crippen LogP contribution in [0.1, 0.15) is 115 Å². The molecule has 212 valence electrons. The molecule has 2 atom stereocenters. The monoisotopic (exact) mass is 522 g/mol. The summed E-state index contributed by atoms with van der Waals surface area (Å²) >= 11 is 0. The van der Waals surface area contributed by atoms with E-state index in [1.807, 2.05) is 19.1 Å². The number of carbonyl (C=O) groups is 1.